The number of hydrogen-bond acceptors (Lipinski definition) is 5. The zero-order chi connectivity index (χ0) is 20.2. The fourth-order valence-electron chi connectivity index (χ4n) is 2.54. The lowest BCUT2D eigenvalue weighted by Crippen LogP contribution is -2.49. The van der Waals surface area contributed by atoms with Crippen LogP contribution in [0.3, 0.4) is 0 Å². The molecule has 27 heavy (non-hydrogen) atoms. The molecule has 1 amide bonds. The molecule has 0 saturated heterocycles. The number of carboxylic acids is 1. The molecule has 0 radical (unpaired) electrons. The number of amides is 1. The van der Waals surface area contributed by atoms with Crippen LogP contribution in [0.2, 0.25) is 0 Å². The Morgan fingerprint density at radius 1 is 1.00 bits per heavy atom. The number of halogens is 1. The van der Waals surface area contributed by atoms with Gasteiger partial charge in [-0.3, -0.25) is 4.79 Å². The molecule has 1 unspecified atom stereocenters. The predicted octanol–water partition coefficient (Wildman–Crippen LogP) is 2.58. The van der Waals surface area contributed by atoms with E-state index in [2.05, 4.69) is 5.32 Å². The first kappa shape index (κ1) is 20.0. The van der Waals surface area contributed by atoms with Gasteiger partial charge in [-0.2, -0.15) is 0 Å². The van der Waals surface area contributed by atoms with E-state index in [4.69, 9.17) is 14.2 Å². The zero-order valence-corrected chi connectivity index (χ0v) is 15.3. The monoisotopic (exact) mass is 377 g/mol. The summed E-state index contributed by atoms with van der Waals surface area (Å²) in [4.78, 5) is 24.6. The first-order valence-electron chi connectivity index (χ1n) is 7.88. The number of rotatable bonds is 7. The Hall–Kier alpha value is -3.29. The number of aliphatic carboxylic acids is 1. The summed E-state index contributed by atoms with van der Waals surface area (Å²) < 4.78 is 28.8. The number of carboxylic acid groups (broad SMARTS) is 1. The van der Waals surface area contributed by atoms with Gasteiger partial charge >= 0.3 is 5.97 Å². The van der Waals surface area contributed by atoms with Crippen molar-refractivity contribution in [3.63, 3.8) is 0 Å². The molecule has 1 atom stereocenters. The van der Waals surface area contributed by atoms with Crippen molar-refractivity contribution in [1.29, 1.82) is 0 Å². The Labute approximate surface area is 155 Å². The molecule has 0 aromatic heterocycles. The number of ether oxygens (including phenoxy) is 3. The minimum atomic E-state index is -1.77. The third kappa shape index (κ3) is 3.94. The maximum absolute atomic E-state index is 13.2. The minimum Gasteiger partial charge on any atom is -0.493 e. The number of carbonyl (C=O) groups excluding carboxylic acids is 1. The molecule has 2 aromatic rings. The van der Waals surface area contributed by atoms with Crippen LogP contribution in [0, 0.1) is 5.82 Å². The van der Waals surface area contributed by atoms with Crippen LogP contribution in [-0.4, -0.2) is 38.3 Å². The maximum atomic E-state index is 13.2. The van der Waals surface area contributed by atoms with E-state index in [1.54, 1.807) is 0 Å². The molecule has 2 N–H and O–H groups in total. The number of hydrogen-bond donors (Lipinski definition) is 2. The summed E-state index contributed by atoms with van der Waals surface area (Å²) in [6.07, 6.45) is 0. The Balaban J connectivity index is 2.44. The third-order valence-electron chi connectivity index (χ3n) is 4.14. The topological polar surface area (TPSA) is 94.1 Å². The molecule has 0 aliphatic carbocycles. The van der Waals surface area contributed by atoms with Crippen molar-refractivity contribution >= 4 is 11.9 Å². The Kier molecular flexibility index (Phi) is 5.89. The largest absolute Gasteiger partial charge is 0.493 e. The van der Waals surface area contributed by atoms with E-state index in [9.17, 15) is 19.1 Å². The summed E-state index contributed by atoms with van der Waals surface area (Å²) in [5, 5.41) is 12.1. The second-order valence-electron chi connectivity index (χ2n) is 5.81. The molecular weight excluding hydrogens is 357 g/mol. The molecule has 0 aliphatic rings. The van der Waals surface area contributed by atoms with Crippen molar-refractivity contribution in [1.82, 2.24) is 5.32 Å². The van der Waals surface area contributed by atoms with E-state index in [0.29, 0.717) is 5.75 Å². The van der Waals surface area contributed by atoms with Crippen molar-refractivity contribution in [3.8, 4) is 17.2 Å². The van der Waals surface area contributed by atoms with Gasteiger partial charge in [-0.1, -0.05) is 12.1 Å². The molecule has 2 aromatic carbocycles. The highest BCUT2D eigenvalue weighted by Crippen LogP contribution is 2.38. The molecule has 0 fully saturated rings. The Morgan fingerprint density at radius 2 is 1.52 bits per heavy atom. The van der Waals surface area contributed by atoms with Gasteiger partial charge in [0.2, 0.25) is 5.75 Å². The summed E-state index contributed by atoms with van der Waals surface area (Å²) in [6.45, 7) is 1.32. The van der Waals surface area contributed by atoms with Crippen LogP contribution in [-0.2, 0) is 10.3 Å². The van der Waals surface area contributed by atoms with Crippen molar-refractivity contribution < 1.29 is 33.3 Å². The second kappa shape index (κ2) is 7.94. The smallest absolute Gasteiger partial charge is 0.333 e. The fraction of sp³-hybridized carbons (Fsp3) is 0.263. The van der Waals surface area contributed by atoms with Crippen LogP contribution in [0.5, 0.6) is 17.2 Å². The summed E-state index contributed by atoms with van der Waals surface area (Å²) in [7, 11) is 4.23. The summed E-state index contributed by atoms with van der Waals surface area (Å²) >= 11 is 0. The van der Waals surface area contributed by atoms with Gasteiger partial charge in [-0.25, -0.2) is 9.18 Å². The minimum absolute atomic E-state index is 0.110. The standard InChI is InChI=1S/C19H20FNO6/c1-19(18(23)24,12-5-7-13(20)8-6-12)21-17(22)11-9-14(25-2)16(27-4)15(10-11)26-3/h5-10H,1-4H3,(H,21,22)(H,23,24). The summed E-state index contributed by atoms with van der Waals surface area (Å²) in [6, 6.07) is 7.68. The van der Waals surface area contributed by atoms with Crippen LogP contribution in [0.15, 0.2) is 36.4 Å². The van der Waals surface area contributed by atoms with Crippen LogP contribution in [0.4, 0.5) is 4.39 Å². The van der Waals surface area contributed by atoms with Crippen molar-refractivity contribution in [2.75, 3.05) is 21.3 Å². The van der Waals surface area contributed by atoms with Crippen LogP contribution < -0.4 is 19.5 Å². The average molecular weight is 377 g/mol. The summed E-state index contributed by atoms with van der Waals surface area (Å²) in [5.74, 6) is -1.68. The maximum Gasteiger partial charge on any atom is 0.333 e. The van der Waals surface area contributed by atoms with E-state index in [1.807, 2.05) is 0 Å². The highest BCUT2D eigenvalue weighted by atomic mass is 19.1. The van der Waals surface area contributed by atoms with E-state index >= 15 is 0 Å². The molecule has 7 nitrogen and oxygen atoms in total. The van der Waals surface area contributed by atoms with Gasteiger partial charge in [-0.15, -0.1) is 0 Å². The molecule has 2 rings (SSSR count). The molecule has 0 heterocycles. The van der Waals surface area contributed by atoms with Crippen LogP contribution in [0.25, 0.3) is 0 Å². The number of methoxy groups -OCH3 is 3. The van der Waals surface area contributed by atoms with Crippen molar-refractivity contribution in [2.24, 2.45) is 0 Å². The Morgan fingerprint density at radius 3 is 1.93 bits per heavy atom. The number of carbonyl (C=O) groups is 2. The van der Waals surface area contributed by atoms with Gasteiger partial charge < -0.3 is 24.6 Å². The van der Waals surface area contributed by atoms with E-state index in [1.165, 1.54) is 52.5 Å². The van der Waals surface area contributed by atoms with Gasteiger partial charge in [0.15, 0.2) is 17.0 Å². The van der Waals surface area contributed by atoms with E-state index < -0.39 is 23.2 Å². The van der Waals surface area contributed by atoms with Gasteiger partial charge in [0.1, 0.15) is 5.82 Å². The van der Waals surface area contributed by atoms with Gasteiger partial charge in [0, 0.05) is 5.56 Å². The highest BCUT2D eigenvalue weighted by Gasteiger charge is 2.37. The first-order valence-corrected chi connectivity index (χ1v) is 7.88. The number of nitrogens with one attached hydrogen (secondary N) is 1. The quantitative estimate of drug-likeness (QED) is 0.770. The molecule has 144 valence electrons. The molecule has 0 saturated carbocycles. The lowest BCUT2D eigenvalue weighted by atomic mass is 9.91. The molecular formula is C19H20FNO6. The van der Waals surface area contributed by atoms with Crippen LogP contribution >= 0.6 is 0 Å². The molecule has 8 heteroatoms. The summed E-state index contributed by atoms with van der Waals surface area (Å²) in [5.41, 5.74) is -1.44. The van der Waals surface area contributed by atoms with Gasteiger partial charge in [0.05, 0.1) is 21.3 Å². The normalized spacial score (nSPS) is 12.6. The lowest BCUT2D eigenvalue weighted by Gasteiger charge is -2.27. The van der Waals surface area contributed by atoms with Gasteiger partial charge in [-0.05, 0) is 36.8 Å². The molecule has 0 aliphatic heterocycles. The zero-order valence-electron chi connectivity index (χ0n) is 15.3. The number of benzene rings is 2. The molecule has 0 spiro atoms. The predicted molar refractivity (Wildman–Crippen MR) is 95.0 cm³/mol. The van der Waals surface area contributed by atoms with Crippen LogP contribution in [0.1, 0.15) is 22.8 Å². The SMILES string of the molecule is COc1cc(C(=O)NC(C)(C(=O)O)c2ccc(F)cc2)cc(OC)c1OC. The van der Waals surface area contributed by atoms with E-state index in [0.717, 1.165) is 12.1 Å². The fourth-order valence-corrected chi connectivity index (χ4v) is 2.54. The van der Waals surface area contributed by atoms with E-state index in [-0.39, 0.29) is 22.6 Å². The average Bonchev–Trinajstić information content (AvgIpc) is 2.66. The van der Waals surface area contributed by atoms with Crippen molar-refractivity contribution in [3.05, 3.63) is 53.3 Å². The molecule has 0 bridgehead atoms. The van der Waals surface area contributed by atoms with Gasteiger partial charge in [0.25, 0.3) is 5.91 Å². The van der Waals surface area contributed by atoms with Crippen molar-refractivity contribution in [2.45, 2.75) is 12.5 Å². The third-order valence-corrected chi connectivity index (χ3v) is 4.14. The second-order valence-corrected chi connectivity index (χ2v) is 5.81. The lowest BCUT2D eigenvalue weighted by molar-refractivity contribution is -0.144. The Bertz CT molecular complexity index is 827. The first-order chi connectivity index (χ1) is 12.8. The highest BCUT2D eigenvalue weighted by molar-refractivity contribution is 5.99.